The van der Waals surface area contributed by atoms with Crippen molar-refractivity contribution in [1.29, 1.82) is 0 Å². The molecule has 0 aliphatic carbocycles. The van der Waals surface area contributed by atoms with E-state index in [0.717, 1.165) is 86.9 Å². The van der Waals surface area contributed by atoms with Crippen LogP contribution in [0.3, 0.4) is 0 Å². The van der Waals surface area contributed by atoms with Crippen LogP contribution in [0.15, 0.2) is 60.7 Å². The summed E-state index contributed by atoms with van der Waals surface area (Å²) in [5, 5.41) is 1.12. The molecule has 0 fully saturated rings. The van der Waals surface area contributed by atoms with Crippen molar-refractivity contribution in [2.24, 2.45) is 0 Å². The number of fused-ring (bicyclic) bond motifs is 8. The van der Waals surface area contributed by atoms with E-state index in [2.05, 4.69) is 116 Å². The van der Waals surface area contributed by atoms with Gasteiger partial charge in [-0.2, -0.15) is 0 Å². The number of allylic oxidation sites excluding steroid dienone is 2. The summed E-state index contributed by atoms with van der Waals surface area (Å²) in [5.41, 5.74) is 19.0. The Bertz CT molecular complexity index is 2200. The van der Waals surface area contributed by atoms with E-state index in [-0.39, 0.29) is 21.9 Å². The molecule has 7 rings (SSSR count). The fraction of sp³-hybridized carbons (Fsp3) is 0.317. The van der Waals surface area contributed by atoms with Crippen LogP contribution in [-0.2, 0) is 34.7 Å². The van der Waals surface area contributed by atoms with Crippen LogP contribution in [0.5, 0.6) is 0 Å². The van der Waals surface area contributed by atoms with Crippen molar-refractivity contribution >= 4 is 44.1 Å². The first kappa shape index (κ1) is 32.0. The van der Waals surface area contributed by atoms with Gasteiger partial charge in [0.2, 0.25) is 0 Å². The predicted molar refractivity (Wildman–Crippen MR) is 190 cm³/mol. The summed E-state index contributed by atoms with van der Waals surface area (Å²) in [7, 11) is 0. The van der Waals surface area contributed by atoms with Crippen molar-refractivity contribution in [3.05, 3.63) is 106 Å². The van der Waals surface area contributed by atoms with Crippen LogP contribution in [0.25, 0.3) is 55.2 Å². The van der Waals surface area contributed by atoms with Gasteiger partial charge in [0.25, 0.3) is 0 Å². The summed E-state index contributed by atoms with van der Waals surface area (Å²) in [5.74, 6) is 0. The van der Waals surface area contributed by atoms with Crippen molar-refractivity contribution < 1.29 is 16.5 Å². The molecule has 0 N–H and O–H groups in total. The van der Waals surface area contributed by atoms with Gasteiger partial charge in [0.1, 0.15) is 0 Å². The molecular formula is C41H42N4Ni. The van der Waals surface area contributed by atoms with Gasteiger partial charge < -0.3 is 9.97 Å². The van der Waals surface area contributed by atoms with Gasteiger partial charge in [-0.1, -0.05) is 111 Å². The number of rotatable bonds is 5. The average molecular weight is 650 g/mol. The minimum atomic E-state index is -0.222. The maximum atomic E-state index is 5.48. The smallest absolute Gasteiger partial charge is 0.657 e. The Balaban J connectivity index is 0.00000372. The van der Waals surface area contributed by atoms with E-state index < -0.39 is 0 Å². The number of aromatic nitrogens is 4. The van der Waals surface area contributed by atoms with E-state index in [1.165, 1.54) is 39.0 Å². The van der Waals surface area contributed by atoms with Gasteiger partial charge in [0.05, 0.1) is 22.6 Å². The molecule has 1 unspecified atom stereocenters. The van der Waals surface area contributed by atoms with E-state index >= 15 is 0 Å². The first-order chi connectivity index (χ1) is 21.7. The maximum Gasteiger partial charge on any atom is 2.00 e. The van der Waals surface area contributed by atoms with Crippen molar-refractivity contribution in [2.45, 2.75) is 86.5 Å². The summed E-state index contributed by atoms with van der Waals surface area (Å²) in [6.07, 6.45) is 3.63. The molecule has 8 bridgehead atoms. The quantitative estimate of drug-likeness (QED) is 0.178. The van der Waals surface area contributed by atoms with Gasteiger partial charge in [-0.05, 0) is 86.6 Å². The van der Waals surface area contributed by atoms with E-state index in [4.69, 9.17) is 19.9 Å². The van der Waals surface area contributed by atoms with Gasteiger partial charge in [-0.15, -0.1) is 22.1 Å². The summed E-state index contributed by atoms with van der Waals surface area (Å²) >= 11 is 0. The van der Waals surface area contributed by atoms with Crippen molar-refractivity contribution in [2.75, 3.05) is 0 Å². The molecule has 0 saturated carbocycles. The molecule has 0 spiro atoms. The summed E-state index contributed by atoms with van der Waals surface area (Å²) in [6.45, 7) is 18.0. The second kappa shape index (κ2) is 12.0. The standard InChI is InChI=1S/C41H42N4.Ni/c1-9-27-23(5)32-21-33-24(6)28(10-2)39(43-33)36(26-17-14-13-15-18-26)40-29(11-3)25(7)34(44-40)22-35-41(8,12-4)31-20-16-19-30(37(27)42-32)38(31)45-35;/h13-22H,9-12H2,1-8H3;/q-2;+2. The molecule has 5 aromatic rings. The van der Waals surface area contributed by atoms with Gasteiger partial charge in [0.15, 0.2) is 0 Å². The third-order valence-corrected chi connectivity index (χ3v) is 10.6. The molecule has 5 heteroatoms. The maximum absolute atomic E-state index is 5.48. The van der Waals surface area contributed by atoms with Crippen molar-refractivity contribution in [3.8, 4) is 11.1 Å². The molecule has 2 aromatic carbocycles. The normalized spacial score (nSPS) is 16.0. The van der Waals surface area contributed by atoms with Crippen LogP contribution in [0.1, 0.15) is 99.3 Å². The zero-order valence-electron chi connectivity index (χ0n) is 28.2. The van der Waals surface area contributed by atoms with Crippen LogP contribution in [-0.4, -0.2) is 9.97 Å². The second-order valence-electron chi connectivity index (χ2n) is 12.8. The van der Waals surface area contributed by atoms with E-state index in [0.29, 0.717) is 0 Å². The Morgan fingerprint density at radius 1 is 0.717 bits per heavy atom. The predicted octanol–water partition coefficient (Wildman–Crippen LogP) is 10.2. The summed E-state index contributed by atoms with van der Waals surface area (Å²) in [4.78, 5) is 21.7. The molecule has 236 valence electrons. The monoisotopic (exact) mass is 648 g/mol. The Morgan fingerprint density at radius 2 is 1.37 bits per heavy atom. The molecular weight excluding hydrogens is 607 g/mol. The number of benzene rings is 2. The van der Waals surface area contributed by atoms with Gasteiger partial charge in [-0.25, -0.2) is 4.98 Å². The van der Waals surface area contributed by atoms with Gasteiger partial charge in [0, 0.05) is 5.41 Å². The van der Waals surface area contributed by atoms with Crippen LogP contribution in [0.2, 0.25) is 0 Å². The number of hydrogen-bond acceptors (Lipinski definition) is 2. The molecule has 1 atom stereocenters. The summed E-state index contributed by atoms with van der Waals surface area (Å²) < 4.78 is 0. The molecule has 3 aromatic heterocycles. The molecule has 2 aliphatic rings. The zero-order chi connectivity index (χ0) is 31.6. The number of hydrogen-bond donors (Lipinski definition) is 0. The molecule has 46 heavy (non-hydrogen) atoms. The SMILES string of the molecule is CCC1=C(C)c2cc3[n-]c(c(CC)c3C)c3cccc4c3nc(cc3[n-]c(c(CC)c3C)c(-c3ccccc3)c1n2)C4(C)CC.[Ni+2]. The third-order valence-electron chi connectivity index (χ3n) is 10.6. The van der Waals surface area contributed by atoms with Gasteiger partial charge >= 0.3 is 16.5 Å². The molecule has 4 nitrogen and oxygen atoms in total. The minimum Gasteiger partial charge on any atom is -0.657 e. The van der Waals surface area contributed by atoms with E-state index in [1.807, 2.05) is 0 Å². The fourth-order valence-corrected chi connectivity index (χ4v) is 7.66. The second-order valence-corrected chi connectivity index (χ2v) is 12.8. The molecule has 0 radical (unpaired) electrons. The van der Waals surface area contributed by atoms with E-state index in [1.54, 1.807) is 0 Å². The zero-order valence-corrected chi connectivity index (χ0v) is 29.2. The summed E-state index contributed by atoms with van der Waals surface area (Å²) in [6, 6.07) is 21.8. The molecule has 0 amide bonds. The first-order valence-electron chi connectivity index (χ1n) is 16.6. The Morgan fingerprint density at radius 3 is 2.02 bits per heavy atom. The van der Waals surface area contributed by atoms with Crippen LogP contribution in [0.4, 0.5) is 0 Å². The average Bonchev–Trinajstić information content (AvgIpc) is 3.73. The Hall–Kier alpha value is -3.95. The topological polar surface area (TPSA) is 54.0 Å². The van der Waals surface area contributed by atoms with Crippen molar-refractivity contribution in [1.82, 2.24) is 19.9 Å². The molecule has 5 heterocycles. The Labute approximate surface area is 282 Å². The Kier molecular flexibility index (Phi) is 8.36. The van der Waals surface area contributed by atoms with Crippen LogP contribution < -0.4 is 9.97 Å². The first-order valence-corrected chi connectivity index (χ1v) is 16.6. The molecule has 0 saturated heterocycles. The number of nitrogens with zero attached hydrogens (tertiary/aromatic N) is 4. The fourth-order valence-electron chi connectivity index (χ4n) is 7.66. The van der Waals surface area contributed by atoms with Crippen LogP contribution >= 0.6 is 0 Å². The third kappa shape index (κ3) is 4.61. The van der Waals surface area contributed by atoms with Gasteiger partial charge in [-0.3, -0.25) is 4.98 Å². The number of para-hydroxylation sites is 1. The minimum absolute atomic E-state index is 0. The van der Waals surface area contributed by atoms with E-state index in [9.17, 15) is 0 Å². The number of aryl methyl sites for hydroxylation is 4. The van der Waals surface area contributed by atoms with Crippen molar-refractivity contribution in [3.63, 3.8) is 0 Å². The largest absolute Gasteiger partial charge is 2.00 e. The molecule has 2 aliphatic heterocycles. The van der Waals surface area contributed by atoms with Crippen LogP contribution in [0, 0.1) is 13.8 Å².